The van der Waals surface area contributed by atoms with E-state index in [1.54, 1.807) is 25.2 Å². The summed E-state index contributed by atoms with van der Waals surface area (Å²) in [5.41, 5.74) is 6.04. The zero-order valence-electron chi connectivity index (χ0n) is 4.89. The van der Waals surface area contributed by atoms with Gasteiger partial charge in [-0.05, 0) is 19.1 Å². The second-order valence-corrected chi connectivity index (χ2v) is 1.44. The molecule has 0 atom stereocenters. The van der Waals surface area contributed by atoms with Crippen LogP contribution in [0.2, 0.25) is 0 Å². The van der Waals surface area contributed by atoms with Crippen molar-refractivity contribution in [3.8, 4) is 12.3 Å². The predicted molar refractivity (Wildman–Crippen MR) is 35.9 cm³/mol. The summed E-state index contributed by atoms with van der Waals surface area (Å²) in [4.78, 5) is 0. The number of rotatable bonds is 1. The van der Waals surface area contributed by atoms with Crippen LogP contribution in [0.3, 0.4) is 0 Å². The van der Waals surface area contributed by atoms with Gasteiger partial charge in [-0.15, -0.1) is 6.42 Å². The number of terminal acetylenes is 1. The lowest BCUT2D eigenvalue weighted by molar-refractivity contribution is 1.32. The van der Waals surface area contributed by atoms with Crippen LogP contribution in [0.5, 0.6) is 0 Å². The zero-order chi connectivity index (χ0) is 6.41. The first kappa shape index (κ1) is 6.84. The molecule has 0 aromatic heterocycles. The highest BCUT2D eigenvalue weighted by Crippen LogP contribution is 1.79. The van der Waals surface area contributed by atoms with Crippen molar-refractivity contribution in [3.63, 3.8) is 0 Å². The Morgan fingerprint density at radius 3 is 2.75 bits per heavy atom. The first-order valence-electron chi connectivity index (χ1n) is 2.32. The van der Waals surface area contributed by atoms with Gasteiger partial charge < -0.3 is 5.73 Å². The molecule has 0 saturated carbocycles. The molecule has 0 heterocycles. The quantitative estimate of drug-likeness (QED) is 0.393. The van der Waals surface area contributed by atoms with Gasteiger partial charge in [-0.2, -0.15) is 0 Å². The summed E-state index contributed by atoms with van der Waals surface area (Å²) in [6, 6.07) is 0. The lowest BCUT2D eigenvalue weighted by Gasteiger charge is -1.79. The summed E-state index contributed by atoms with van der Waals surface area (Å²) in [5, 5.41) is 0. The molecule has 0 fully saturated rings. The summed E-state index contributed by atoms with van der Waals surface area (Å²) in [5.74, 6) is 2.34. The van der Waals surface area contributed by atoms with E-state index < -0.39 is 0 Å². The van der Waals surface area contributed by atoms with Gasteiger partial charge in [-0.25, -0.2) is 0 Å². The van der Waals surface area contributed by atoms with Crippen LogP contribution in [0.1, 0.15) is 6.92 Å². The minimum Gasteiger partial charge on any atom is -0.402 e. The highest BCUT2D eigenvalue weighted by atomic mass is 14.5. The molecule has 8 heavy (non-hydrogen) atoms. The first-order chi connectivity index (χ1) is 3.77. The number of allylic oxidation sites excluding steroid dienone is 4. The molecule has 0 aliphatic heterocycles. The topological polar surface area (TPSA) is 26.0 Å². The van der Waals surface area contributed by atoms with E-state index in [0.717, 1.165) is 5.70 Å². The van der Waals surface area contributed by atoms with Crippen LogP contribution < -0.4 is 5.73 Å². The van der Waals surface area contributed by atoms with Gasteiger partial charge in [-0.3, -0.25) is 0 Å². The maximum absolute atomic E-state index is 5.27. The van der Waals surface area contributed by atoms with Crippen molar-refractivity contribution in [1.82, 2.24) is 0 Å². The third kappa shape index (κ3) is 4.84. The fourth-order valence-electron chi connectivity index (χ4n) is 0.255. The smallest absolute Gasteiger partial charge is 0.00490 e. The molecule has 0 aliphatic carbocycles. The SMILES string of the molecule is C#C/C=C\C=C(/C)N. The van der Waals surface area contributed by atoms with E-state index in [-0.39, 0.29) is 0 Å². The van der Waals surface area contributed by atoms with E-state index >= 15 is 0 Å². The van der Waals surface area contributed by atoms with Gasteiger partial charge in [0.2, 0.25) is 0 Å². The Morgan fingerprint density at radius 2 is 2.38 bits per heavy atom. The average Bonchev–Trinajstić information content (AvgIpc) is 1.66. The Labute approximate surface area is 49.9 Å². The molecule has 0 aromatic rings. The molecule has 0 unspecified atom stereocenters. The van der Waals surface area contributed by atoms with Crippen LogP contribution in [-0.4, -0.2) is 0 Å². The Balaban J connectivity index is 3.63. The van der Waals surface area contributed by atoms with Crippen molar-refractivity contribution >= 4 is 0 Å². The molecule has 0 aromatic carbocycles. The van der Waals surface area contributed by atoms with Crippen molar-refractivity contribution in [1.29, 1.82) is 0 Å². The number of hydrogen-bond acceptors (Lipinski definition) is 1. The Kier molecular flexibility index (Phi) is 3.43. The van der Waals surface area contributed by atoms with Gasteiger partial charge in [0.25, 0.3) is 0 Å². The zero-order valence-corrected chi connectivity index (χ0v) is 4.89. The largest absolute Gasteiger partial charge is 0.402 e. The van der Waals surface area contributed by atoms with E-state index in [2.05, 4.69) is 5.92 Å². The molecule has 0 rings (SSSR count). The summed E-state index contributed by atoms with van der Waals surface area (Å²) >= 11 is 0. The normalized spacial score (nSPS) is 11.8. The number of nitrogens with two attached hydrogens (primary N) is 1. The first-order valence-corrected chi connectivity index (χ1v) is 2.32. The molecular weight excluding hydrogens is 98.1 g/mol. The second-order valence-electron chi connectivity index (χ2n) is 1.44. The molecular formula is C7H9N. The van der Waals surface area contributed by atoms with Crippen LogP contribution in [0.4, 0.5) is 0 Å². The molecule has 42 valence electrons. The second kappa shape index (κ2) is 4.01. The van der Waals surface area contributed by atoms with Crippen LogP contribution >= 0.6 is 0 Å². The third-order valence-electron chi connectivity index (χ3n) is 0.552. The predicted octanol–water partition coefficient (Wildman–Crippen LogP) is 1.04. The standard InChI is InChI=1S/C7H9N/c1-3-4-5-6-7(2)8/h1,4-6H,8H2,2H3/b5-4-,7-6+. The summed E-state index contributed by atoms with van der Waals surface area (Å²) in [6.07, 6.45) is 9.98. The van der Waals surface area contributed by atoms with Crippen LogP contribution in [0.15, 0.2) is 23.9 Å². The Bertz CT molecular complexity index is 142. The molecule has 0 aliphatic rings. The van der Waals surface area contributed by atoms with Crippen molar-refractivity contribution < 1.29 is 0 Å². The maximum Gasteiger partial charge on any atom is 0.00490 e. The molecule has 0 saturated heterocycles. The van der Waals surface area contributed by atoms with E-state index in [4.69, 9.17) is 12.2 Å². The van der Waals surface area contributed by atoms with E-state index in [1.807, 2.05) is 0 Å². The van der Waals surface area contributed by atoms with Crippen LogP contribution in [0, 0.1) is 12.3 Å². The van der Waals surface area contributed by atoms with Gasteiger partial charge in [0.05, 0.1) is 0 Å². The molecule has 1 heteroatoms. The van der Waals surface area contributed by atoms with E-state index in [9.17, 15) is 0 Å². The van der Waals surface area contributed by atoms with Gasteiger partial charge in [0, 0.05) is 5.70 Å². The van der Waals surface area contributed by atoms with Crippen molar-refractivity contribution in [2.24, 2.45) is 5.73 Å². The van der Waals surface area contributed by atoms with E-state index in [0.29, 0.717) is 0 Å². The molecule has 2 N–H and O–H groups in total. The van der Waals surface area contributed by atoms with E-state index in [1.165, 1.54) is 0 Å². The van der Waals surface area contributed by atoms with Crippen LogP contribution in [0.25, 0.3) is 0 Å². The fraction of sp³-hybridized carbons (Fsp3) is 0.143. The maximum atomic E-state index is 5.27. The van der Waals surface area contributed by atoms with Gasteiger partial charge in [-0.1, -0.05) is 12.0 Å². The lowest BCUT2D eigenvalue weighted by Crippen LogP contribution is -1.87. The van der Waals surface area contributed by atoms with Crippen molar-refractivity contribution in [2.75, 3.05) is 0 Å². The molecule has 0 bridgehead atoms. The summed E-state index contributed by atoms with van der Waals surface area (Å²) in [6.45, 7) is 1.81. The van der Waals surface area contributed by atoms with Gasteiger partial charge in [0.1, 0.15) is 0 Å². The van der Waals surface area contributed by atoms with Crippen molar-refractivity contribution in [2.45, 2.75) is 6.92 Å². The number of hydrogen-bond donors (Lipinski definition) is 1. The molecule has 0 radical (unpaired) electrons. The third-order valence-corrected chi connectivity index (χ3v) is 0.552. The lowest BCUT2D eigenvalue weighted by atomic mass is 10.4. The molecule has 1 nitrogen and oxygen atoms in total. The Hall–Kier alpha value is -1.16. The Morgan fingerprint density at radius 1 is 1.75 bits per heavy atom. The van der Waals surface area contributed by atoms with Gasteiger partial charge in [0.15, 0.2) is 0 Å². The van der Waals surface area contributed by atoms with Crippen molar-refractivity contribution in [3.05, 3.63) is 23.9 Å². The minimum absolute atomic E-state index is 0.761. The molecule has 0 amide bonds. The van der Waals surface area contributed by atoms with Crippen LogP contribution in [-0.2, 0) is 0 Å². The fourth-order valence-corrected chi connectivity index (χ4v) is 0.255. The van der Waals surface area contributed by atoms with Gasteiger partial charge >= 0.3 is 0 Å². The highest BCUT2D eigenvalue weighted by molar-refractivity contribution is 5.17. The highest BCUT2D eigenvalue weighted by Gasteiger charge is 1.66. The summed E-state index contributed by atoms with van der Waals surface area (Å²) in [7, 11) is 0. The summed E-state index contributed by atoms with van der Waals surface area (Å²) < 4.78 is 0. The minimum atomic E-state index is 0.761. The molecule has 0 spiro atoms. The monoisotopic (exact) mass is 107 g/mol. The average molecular weight is 107 g/mol.